The molecule has 1 aromatic carbocycles. The lowest BCUT2D eigenvalue weighted by Gasteiger charge is -2.28. The maximum Gasteiger partial charge on any atom is 0.417 e. The summed E-state index contributed by atoms with van der Waals surface area (Å²) in [6, 6.07) is 7.31. The molecular formula is C25H35NO6. The molecule has 2 amide bonds. The molecule has 7 nitrogen and oxygen atoms in total. The van der Waals surface area contributed by atoms with Gasteiger partial charge in [-0.05, 0) is 42.0 Å². The Hall–Kier alpha value is -2.64. The van der Waals surface area contributed by atoms with Gasteiger partial charge in [0.15, 0.2) is 0 Å². The zero-order valence-electron chi connectivity index (χ0n) is 19.6. The Kier molecular flexibility index (Phi) is 9.47. The number of aliphatic hydroxyl groups excluding tert-OH is 1. The lowest BCUT2D eigenvalue weighted by Crippen LogP contribution is -2.47. The summed E-state index contributed by atoms with van der Waals surface area (Å²) in [4.78, 5) is 26.3. The largest absolute Gasteiger partial charge is 0.497 e. The Morgan fingerprint density at radius 1 is 1.31 bits per heavy atom. The molecule has 32 heavy (non-hydrogen) atoms. The fraction of sp³-hybridized carbons (Fsp3) is 0.520. The molecule has 0 saturated carbocycles. The van der Waals surface area contributed by atoms with Gasteiger partial charge in [-0.25, -0.2) is 9.69 Å². The van der Waals surface area contributed by atoms with E-state index in [2.05, 4.69) is 6.58 Å². The number of cyclic esters (lactones) is 1. The molecule has 7 heteroatoms. The molecule has 1 N–H and O–H groups in total. The van der Waals surface area contributed by atoms with Crippen LogP contribution in [0.3, 0.4) is 0 Å². The van der Waals surface area contributed by atoms with Crippen molar-refractivity contribution in [2.24, 2.45) is 17.8 Å². The average molecular weight is 446 g/mol. The van der Waals surface area contributed by atoms with Crippen molar-refractivity contribution in [3.8, 4) is 5.75 Å². The SMILES string of the molecule is C=C[C@H](C(=O)N1C(=O)OC[C@@H]1C(C)C)[C@H](O)/C(C)=C/[C@@H](C)COCc1ccc(OC)cc1. The van der Waals surface area contributed by atoms with Gasteiger partial charge in [-0.2, -0.15) is 0 Å². The molecule has 0 bridgehead atoms. The van der Waals surface area contributed by atoms with Gasteiger partial charge in [0.1, 0.15) is 12.4 Å². The summed E-state index contributed by atoms with van der Waals surface area (Å²) in [5.41, 5.74) is 1.66. The number of aliphatic hydroxyl groups is 1. The van der Waals surface area contributed by atoms with Gasteiger partial charge >= 0.3 is 6.09 Å². The zero-order valence-corrected chi connectivity index (χ0v) is 19.6. The molecule has 0 radical (unpaired) electrons. The standard InChI is InChI=1S/C25H35NO6/c1-7-21(24(28)26-22(16(2)3)15-32-25(26)29)23(27)18(5)12-17(4)13-31-14-19-8-10-20(30-6)11-9-19/h7-12,16-17,21-23,27H,1,13-15H2,2-6H3/b18-12+/t17-,21+,22-,23-/m1/s1. The topological polar surface area (TPSA) is 85.3 Å². The van der Waals surface area contributed by atoms with Crippen LogP contribution in [0.4, 0.5) is 4.79 Å². The monoisotopic (exact) mass is 445 g/mol. The predicted molar refractivity (Wildman–Crippen MR) is 122 cm³/mol. The molecule has 1 aromatic rings. The molecule has 1 heterocycles. The zero-order chi connectivity index (χ0) is 23.8. The Labute approximate surface area is 190 Å². The van der Waals surface area contributed by atoms with Crippen LogP contribution in [0.15, 0.2) is 48.6 Å². The first-order chi connectivity index (χ1) is 15.2. The number of amides is 2. The Morgan fingerprint density at radius 3 is 2.53 bits per heavy atom. The van der Waals surface area contributed by atoms with Crippen LogP contribution < -0.4 is 4.74 Å². The quantitative estimate of drug-likeness (QED) is 0.519. The van der Waals surface area contributed by atoms with Crippen LogP contribution in [0.25, 0.3) is 0 Å². The minimum Gasteiger partial charge on any atom is -0.497 e. The molecule has 1 aliphatic rings. The normalized spacial score (nSPS) is 19.5. The van der Waals surface area contributed by atoms with Crippen LogP contribution in [-0.4, -0.2) is 54.5 Å². The number of rotatable bonds is 11. The van der Waals surface area contributed by atoms with Crippen molar-refractivity contribution in [1.82, 2.24) is 4.90 Å². The molecule has 0 aliphatic carbocycles. The molecule has 0 aromatic heterocycles. The van der Waals surface area contributed by atoms with Gasteiger partial charge in [0, 0.05) is 0 Å². The van der Waals surface area contributed by atoms with E-state index < -0.39 is 24.0 Å². The highest BCUT2D eigenvalue weighted by Crippen LogP contribution is 2.25. The minimum atomic E-state index is -1.09. The van der Waals surface area contributed by atoms with E-state index in [0.29, 0.717) is 18.8 Å². The van der Waals surface area contributed by atoms with E-state index in [9.17, 15) is 14.7 Å². The molecule has 0 spiro atoms. The fourth-order valence-electron chi connectivity index (χ4n) is 3.67. The highest BCUT2D eigenvalue weighted by molar-refractivity contribution is 5.96. The number of nitrogens with zero attached hydrogens (tertiary/aromatic N) is 1. The molecular weight excluding hydrogens is 410 g/mol. The number of methoxy groups -OCH3 is 1. The van der Waals surface area contributed by atoms with E-state index >= 15 is 0 Å². The predicted octanol–water partition coefficient (Wildman–Crippen LogP) is 3.96. The number of imide groups is 1. The number of hydrogen-bond acceptors (Lipinski definition) is 6. The second kappa shape index (κ2) is 11.8. The maximum absolute atomic E-state index is 13.0. The van der Waals surface area contributed by atoms with Crippen molar-refractivity contribution >= 4 is 12.0 Å². The van der Waals surface area contributed by atoms with Crippen molar-refractivity contribution in [2.45, 2.75) is 46.4 Å². The van der Waals surface area contributed by atoms with Crippen molar-refractivity contribution in [2.75, 3.05) is 20.3 Å². The highest BCUT2D eigenvalue weighted by atomic mass is 16.6. The molecule has 2 rings (SSSR count). The van der Waals surface area contributed by atoms with E-state index in [1.807, 2.05) is 51.1 Å². The smallest absolute Gasteiger partial charge is 0.417 e. The molecule has 176 valence electrons. The first kappa shape index (κ1) is 25.6. The molecule has 1 saturated heterocycles. The van der Waals surface area contributed by atoms with Gasteiger partial charge in [0.2, 0.25) is 5.91 Å². The average Bonchev–Trinajstić information content (AvgIpc) is 3.16. The Morgan fingerprint density at radius 2 is 1.97 bits per heavy atom. The molecule has 1 fully saturated rings. The van der Waals surface area contributed by atoms with Gasteiger partial charge < -0.3 is 19.3 Å². The van der Waals surface area contributed by atoms with Crippen LogP contribution in [0.2, 0.25) is 0 Å². The number of hydrogen-bond donors (Lipinski definition) is 1. The van der Waals surface area contributed by atoms with Gasteiger partial charge in [-0.1, -0.05) is 45.1 Å². The Balaban J connectivity index is 1.96. The van der Waals surface area contributed by atoms with E-state index in [1.54, 1.807) is 14.0 Å². The number of benzene rings is 1. The molecule has 4 atom stereocenters. The van der Waals surface area contributed by atoms with Gasteiger partial charge in [-0.15, -0.1) is 6.58 Å². The number of carbonyl (C=O) groups excluding carboxylic acids is 2. The number of carbonyl (C=O) groups is 2. The van der Waals surface area contributed by atoms with Gasteiger partial charge in [0.05, 0.1) is 38.4 Å². The van der Waals surface area contributed by atoms with Gasteiger partial charge in [-0.3, -0.25) is 4.79 Å². The third-order valence-electron chi connectivity index (χ3n) is 5.61. The fourth-order valence-corrected chi connectivity index (χ4v) is 3.67. The summed E-state index contributed by atoms with van der Waals surface area (Å²) in [5, 5.41) is 10.8. The van der Waals surface area contributed by atoms with Gasteiger partial charge in [0.25, 0.3) is 0 Å². The summed E-state index contributed by atoms with van der Waals surface area (Å²) >= 11 is 0. The molecule has 0 unspecified atom stereocenters. The summed E-state index contributed by atoms with van der Waals surface area (Å²) in [6.07, 6.45) is 1.50. The summed E-state index contributed by atoms with van der Waals surface area (Å²) in [6.45, 7) is 12.4. The van der Waals surface area contributed by atoms with Crippen molar-refractivity contribution < 1.29 is 28.9 Å². The van der Waals surface area contributed by atoms with Crippen LogP contribution in [0.1, 0.15) is 33.3 Å². The lowest BCUT2D eigenvalue weighted by molar-refractivity contribution is -0.134. The maximum atomic E-state index is 13.0. The third kappa shape index (κ3) is 6.43. The van der Waals surface area contributed by atoms with Crippen molar-refractivity contribution in [1.29, 1.82) is 0 Å². The second-order valence-electron chi connectivity index (χ2n) is 8.55. The minimum absolute atomic E-state index is 0.0173. The summed E-state index contributed by atoms with van der Waals surface area (Å²) in [5.74, 6) is -0.575. The summed E-state index contributed by atoms with van der Waals surface area (Å²) in [7, 11) is 1.63. The van der Waals surface area contributed by atoms with E-state index in [-0.39, 0.29) is 24.5 Å². The van der Waals surface area contributed by atoms with Crippen LogP contribution in [-0.2, 0) is 20.9 Å². The highest BCUT2D eigenvalue weighted by Gasteiger charge is 2.43. The van der Waals surface area contributed by atoms with Crippen molar-refractivity contribution in [3.05, 3.63) is 54.1 Å². The van der Waals surface area contributed by atoms with E-state index in [1.165, 1.54) is 6.08 Å². The first-order valence-electron chi connectivity index (χ1n) is 10.9. The van der Waals surface area contributed by atoms with Crippen molar-refractivity contribution in [3.63, 3.8) is 0 Å². The van der Waals surface area contributed by atoms with Crippen LogP contribution in [0.5, 0.6) is 5.75 Å². The first-order valence-corrected chi connectivity index (χ1v) is 10.9. The van der Waals surface area contributed by atoms with Crippen LogP contribution >= 0.6 is 0 Å². The lowest BCUT2D eigenvalue weighted by atomic mass is 9.92. The van der Waals surface area contributed by atoms with E-state index in [0.717, 1.165) is 16.2 Å². The third-order valence-corrected chi connectivity index (χ3v) is 5.61. The van der Waals surface area contributed by atoms with Crippen LogP contribution in [0, 0.1) is 17.8 Å². The van der Waals surface area contributed by atoms with E-state index in [4.69, 9.17) is 14.2 Å². The Bertz CT molecular complexity index is 816. The summed E-state index contributed by atoms with van der Waals surface area (Å²) < 4.78 is 16.0. The number of ether oxygens (including phenoxy) is 3. The second-order valence-corrected chi connectivity index (χ2v) is 8.55. The molecule has 1 aliphatic heterocycles.